The quantitative estimate of drug-likeness (QED) is 0.850. The standard InChI is InChI=1S/C8H6Cl2N2O.ClH/c9-4-1-5-7(3-11)12-13-8(5)6(10)2-4;/h1-2H,3,11H2;1H. The van der Waals surface area contributed by atoms with E-state index in [-0.39, 0.29) is 12.4 Å². The van der Waals surface area contributed by atoms with Crippen LogP contribution in [0.5, 0.6) is 0 Å². The molecular formula is C8H7Cl3N2O. The highest BCUT2D eigenvalue weighted by Crippen LogP contribution is 2.29. The van der Waals surface area contributed by atoms with E-state index in [2.05, 4.69) is 5.16 Å². The number of hydrogen-bond donors (Lipinski definition) is 1. The predicted octanol–water partition coefficient (Wildman–Crippen LogP) is 3.02. The van der Waals surface area contributed by atoms with Gasteiger partial charge in [-0.3, -0.25) is 0 Å². The SMILES string of the molecule is Cl.NCc1noc2c(Cl)cc(Cl)cc12. The number of nitrogens with two attached hydrogens (primary N) is 1. The summed E-state index contributed by atoms with van der Waals surface area (Å²) in [5.74, 6) is 0. The molecule has 0 saturated heterocycles. The fourth-order valence-corrected chi connectivity index (χ4v) is 1.69. The van der Waals surface area contributed by atoms with Crippen LogP contribution in [0.4, 0.5) is 0 Å². The third-order valence-electron chi connectivity index (χ3n) is 1.76. The van der Waals surface area contributed by atoms with Gasteiger partial charge in [-0.2, -0.15) is 0 Å². The average molecular weight is 254 g/mol. The van der Waals surface area contributed by atoms with Crippen LogP contribution in [0.25, 0.3) is 11.0 Å². The minimum Gasteiger partial charge on any atom is -0.354 e. The van der Waals surface area contributed by atoms with Crippen LogP contribution in [0.1, 0.15) is 5.69 Å². The van der Waals surface area contributed by atoms with Crippen LogP contribution in [-0.2, 0) is 6.54 Å². The second-order valence-electron chi connectivity index (χ2n) is 2.60. The van der Waals surface area contributed by atoms with E-state index in [1.54, 1.807) is 12.1 Å². The van der Waals surface area contributed by atoms with Crippen LogP contribution in [0.2, 0.25) is 10.0 Å². The van der Waals surface area contributed by atoms with Gasteiger partial charge in [0.25, 0.3) is 0 Å². The predicted molar refractivity (Wildman–Crippen MR) is 59.2 cm³/mol. The Morgan fingerprint density at radius 2 is 2.07 bits per heavy atom. The molecule has 0 aliphatic rings. The molecule has 0 unspecified atom stereocenters. The zero-order chi connectivity index (χ0) is 9.42. The molecule has 0 atom stereocenters. The fraction of sp³-hybridized carbons (Fsp3) is 0.125. The number of rotatable bonds is 1. The maximum atomic E-state index is 5.87. The molecule has 2 N–H and O–H groups in total. The van der Waals surface area contributed by atoms with Crippen LogP contribution in [0.3, 0.4) is 0 Å². The van der Waals surface area contributed by atoms with E-state index < -0.39 is 0 Å². The number of benzene rings is 1. The first-order valence-corrected chi connectivity index (χ1v) is 4.41. The van der Waals surface area contributed by atoms with Gasteiger partial charge in [0.05, 0.1) is 5.02 Å². The van der Waals surface area contributed by atoms with Crippen molar-refractivity contribution in [2.45, 2.75) is 6.54 Å². The Bertz CT molecular complexity index is 455. The lowest BCUT2D eigenvalue weighted by Crippen LogP contribution is -1.96. The Morgan fingerprint density at radius 1 is 1.36 bits per heavy atom. The third-order valence-corrected chi connectivity index (χ3v) is 2.26. The first-order chi connectivity index (χ1) is 6.22. The molecule has 14 heavy (non-hydrogen) atoms. The summed E-state index contributed by atoms with van der Waals surface area (Å²) in [6.07, 6.45) is 0. The highest BCUT2D eigenvalue weighted by molar-refractivity contribution is 6.38. The third kappa shape index (κ3) is 1.81. The van der Waals surface area contributed by atoms with E-state index in [9.17, 15) is 0 Å². The van der Waals surface area contributed by atoms with Crippen molar-refractivity contribution >= 4 is 46.6 Å². The second kappa shape index (κ2) is 4.36. The minimum atomic E-state index is 0. The molecule has 0 fully saturated rings. The van der Waals surface area contributed by atoms with Crippen LogP contribution in [0.15, 0.2) is 16.7 Å². The molecule has 1 aromatic heterocycles. The second-order valence-corrected chi connectivity index (χ2v) is 3.44. The molecule has 1 aromatic carbocycles. The first kappa shape index (κ1) is 11.6. The summed E-state index contributed by atoms with van der Waals surface area (Å²) in [5, 5.41) is 5.56. The van der Waals surface area contributed by atoms with Crippen molar-refractivity contribution < 1.29 is 4.52 Å². The minimum absolute atomic E-state index is 0. The fourth-order valence-electron chi connectivity index (χ4n) is 1.16. The maximum Gasteiger partial charge on any atom is 0.185 e. The van der Waals surface area contributed by atoms with Gasteiger partial charge in [-0.15, -0.1) is 12.4 Å². The molecule has 0 aliphatic heterocycles. The van der Waals surface area contributed by atoms with Crippen molar-refractivity contribution in [3.05, 3.63) is 27.9 Å². The summed E-state index contributed by atoms with van der Waals surface area (Å²) >= 11 is 11.7. The van der Waals surface area contributed by atoms with Gasteiger partial charge in [-0.1, -0.05) is 28.4 Å². The Kier molecular flexibility index (Phi) is 3.61. The molecule has 0 spiro atoms. The van der Waals surface area contributed by atoms with E-state index in [0.29, 0.717) is 27.9 Å². The number of hydrogen-bond acceptors (Lipinski definition) is 3. The van der Waals surface area contributed by atoms with Gasteiger partial charge in [0, 0.05) is 17.0 Å². The lowest BCUT2D eigenvalue weighted by atomic mass is 10.2. The zero-order valence-corrected chi connectivity index (χ0v) is 9.29. The van der Waals surface area contributed by atoms with Crippen LogP contribution in [-0.4, -0.2) is 5.16 Å². The average Bonchev–Trinajstić information content (AvgIpc) is 2.47. The van der Waals surface area contributed by atoms with Crippen LogP contribution in [0, 0.1) is 0 Å². The van der Waals surface area contributed by atoms with E-state index >= 15 is 0 Å². The first-order valence-electron chi connectivity index (χ1n) is 3.65. The van der Waals surface area contributed by atoms with E-state index in [0.717, 1.165) is 5.39 Å². The summed E-state index contributed by atoms with van der Waals surface area (Å²) < 4.78 is 5.01. The van der Waals surface area contributed by atoms with E-state index in [4.69, 9.17) is 33.5 Å². The van der Waals surface area contributed by atoms with Gasteiger partial charge in [0.1, 0.15) is 5.69 Å². The molecule has 0 aliphatic carbocycles. The largest absolute Gasteiger partial charge is 0.354 e. The summed E-state index contributed by atoms with van der Waals surface area (Å²) in [7, 11) is 0. The van der Waals surface area contributed by atoms with Crippen molar-refractivity contribution in [2.75, 3.05) is 0 Å². The van der Waals surface area contributed by atoms with Gasteiger partial charge in [-0.05, 0) is 12.1 Å². The van der Waals surface area contributed by atoms with Crippen LogP contribution >= 0.6 is 35.6 Å². The summed E-state index contributed by atoms with van der Waals surface area (Å²) in [6.45, 7) is 0.309. The summed E-state index contributed by atoms with van der Waals surface area (Å²) in [6, 6.07) is 3.35. The van der Waals surface area contributed by atoms with Crippen molar-refractivity contribution in [1.82, 2.24) is 5.16 Å². The van der Waals surface area contributed by atoms with Crippen molar-refractivity contribution in [1.29, 1.82) is 0 Å². The summed E-state index contributed by atoms with van der Waals surface area (Å²) in [4.78, 5) is 0. The zero-order valence-electron chi connectivity index (χ0n) is 6.96. The van der Waals surface area contributed by atoms with Gasteiger partial charge in [-0.25, -0.2) is 0 Å². The molecule has 0 saturated carbocycles. The van der Waals surface area contributed by atoms with Crippen molar-refractivity contribution in [2.24, 2.45) is 5.73 Å². The molecule has 6 heteroatoms. The number of halogens is 3. The topological polar surface area (TPSA) is 52.0 Å². The molecular weight excluding hydrogens is 246 g/mol. The normalized spacial score (nSPS) is 10.2. The van der Waals surface area contributed by atoms with Gasteiger partial charge in [0.2, 0.25) is 0 Å². The van der Waals surface area contributed by atoms with Crippen molar-refractivity contribution in [3.63, 3.8) is 0 Å². The monoisotopic (exact) mass is 252 g/mol. The van der Waals surface area contributed by atoms with Gasteiger partial charge < -0.3 is 10.3 Å². The molecule has 3 nitrogen and oxygen atoms in total. The molecule has 76 valence electrons. The molecule has 0 amide bonds. The van der Waals surface area contributed by atoms with Gasteiger partial charge in [0.15, 0.2) is 5.58 Å². The lowest BCUT2D eigenvalue weighted by molar-refractivity contribution is 0.446. The molecule has 0 radical (unpaired) electrons. The molecule has 2 aromatic rings. The number of aromatic nitrogens is 1. The lowest BCUT2D eigenvalue weighted by Gasteiger charge is -1.93. The Hall–Kier alpha value is -0.480. The highest BCUT2D eigenvalue weighted by atomic mass is 35.5. The summed E-state index contributed by atoms with van der Waals surface area (Å²) in [5.41, 5.74) is 6.65. The number of fused-ring (bicyclic) bond motifs is 1. The van der Waals surface area contributed by atoms with E-state index in [1.807, 2.05) is 0 Å². The molecule has 2 rings (SSSR count). The number of nitrogens with zero attached hydrogens (tertiary/aromatic N) is 1. The smallest absolute Gasteiger partial charge is 0.185 e. The van der Waals surface area contributed by atoms with E-state index in [1.165, 1.54) is 0 Å². The van der Waals surface area contributed by atoms with Crippen molar-refractivity contribution in [3.8, 4) is 0 Å². The Balaban J connectivity index is 0.000000980. The van der Waals surface area contributed by atoms with Gasteiger partial charge >= 0.3 is 0 Å². The Morgan fingerprint density at radius 3 is 2.71 bits per heavy atom. The molecule has 0 bridgehead atoms. The Labute approximate surface area is 96.5 Å². The van der Waals surface area contributed by atoms with Crippen LogP contribution < -0.4 is 5.73 Å². The maximum absolute atomic E-state index is 5.87. The highest BCUT2D eigenvalue weighted by Gasteiger charge is 2.10. The molecule has 1 heterocycles.